The number of amides is 1. The van der Waals surface area contributed by atoms with Crippen LogP contribution in [0.5, 0.6) is 0 Å². The first-order valence-corrected chi connectivity index (χ1v) is 11.0. The van der Waals surface area contributed by atoms with Crippen LogP contribution in [0.1, 0.15) is 33.8 Å². The maximum atomic E-state index is 13.2. The summed E-state index contributed by atoms with van der Waals surface area (Å²) in [5.41, 5.74) is 2.22. The Labute approximate surface area is 169 Å². The number of nitrogens with one attached hydrogen (secondary N) is 1. The molecule has 6 heteroatoms. The molecule has 4 heterocycles. The van der Waals surface area contributed by atoms with Gasteiger partial charge in [0.25, 0.3) is 5.91 Å². The fourth-order valence-electron chi connectivity index (χ4n) is 4.66. The average Bonchev–Trinajstić information content (AvgIpc) is 3.37. The van der Waals surface area contributed by atoms with Crippen molar-refractivity contribution >= 4 is 27.5 Å². The summed E-state index contributed by atoms with van der Waals surface area (Å²) in [4.78, 5) is 17.2. The molecule has 0 aliphatic carbocycles. The first kappa shape index (κ1) is 17.9. The number of aromatic nitrogens is 2. The van der Waals surface area contributed by atoms with Gasteiger partial charge in [0.05, 0.1) is 17.1 Å². The molecule has 28 heavy (non-hydrogen) atoms. The summed E-state index contributed by atoms with van der Waals surface area (Å²) in [7, 11) is 0. The number of hydrogen-bond acceptors (Lipinski definition) is 4. The molecule has 1 N–H and O–H groups in total. The number of carbonyl (C=O) groups is 1. The molecule has 5 rings (SSSR count). The van der Waals surface area contributed by atoms with Crippen LogP contribution in [0.3, 0.4) is 0 Å². The average molecular weight is 395 g/mol. The molecule has 1 aromatic carbocycles. The monoisotopic (exact) mass is 394 g/mol. The Balaban J connectivity index is 1.39. The highest BCUT2D eigenvalue weighted by Crippen LogP contribution is 2.32. The molecule has 2 aromatic heterocycles. The Morgan fingerprint density at radius 2 is 1.89 bits per heavy atom. The molecule has 5 nitrogen and oxygen atoms in total. The van der Waals surface area contributed by atoms with E-state index in [0.717, 1.165) is 78.2 Å². The van der Waals surface area contributed by atoms with Crippen molar-refractivity contribution in [2.24, 2.45) is 11.8 Å². The number of thiophene rings is 1. The largest absolute Gasteiger partial charge is 0.338 e. The Bertz CT molecular complexity index is 979. The first-order chi connectivity index (χ1) is 13.7. The summed E-state index contributed by atoms with van der Waals surface area (Å²) in [6, 6.07) is 12.4. The van der Waals surface area contributed by atoms with E-state index in [1.807, 2.05) is 17.7 Å². The fourth-order valence-corrected chi connectivity index (χ4v) is 5.79. The Kier molecular flexibility index (Phi) is 4.69. The van der Waals surface area contributed by atoms with Gasteiger partial charge in [-0.2, -0.15) is 5.10 Å². The number of carbonyl (C=O) groups excluding carboxylic acids is 1. The van der Waals surface area contributed by atoms with E-state index in [4.69, 9.17) is 5.10 Å². The van der Waals surface area contributed by atoms with Crippen LogP contribution in [-0.4, -0.2) is 46.8 Å². The summed E-state index contributed by atoms with van der Waals surface area (Å²) >= 11 is 1.59. The number of rotatable bonds is 3. The van der Waals surface area contributed by atoms with Crippen molar-refractivity contribution in [3.8, 4) is 0 Å². The summed E-state index contributed by atoms with van der Waals surface area (Å²) in [5.74, 6) is 1.67. The van der Waals surface area contributed by atoms with Crippen LogP contribution in [0.15, 0.2) is 36.4 Å². The van der Waals surface area contributed by atoms with Crippen molar-refractivity contribution in [3.63, 3.8) is 0 Å². The van der Waals surface area contributed by atoms with E-state index in [1.165, 1.54) is 5.56 Å². The lowest BCUT2D eigenvalue weighted by molar-refractivity contribution is 0.0763. The highest BCUT2D eigenvalue weighted by atomic mass is 32.1. The smallest absolute Gasteiger partial charge is 0.264 e. The Morgan fingerprint density at radius 1 is 1.18 bits per heavy atom. The van der Waals surface area contributed by atoms with Crippen molar-refractivity contribution in [1.82, 2.24) is 20.0 Å². The Hall–Kier alpha value is -2.18. The summed E-state index contributed by atoms with van der Waals surface area (Å²) in [6.45, 7) is 6.76. The lowest BCUT2D eigenvalue weighted by Gasteiger charge is -2.20. The van der Waals surface area contributed by atoms with Crippen LogP contribution in [0, 0.1) is 18.8 Å². The van der Waals surface area contributed by atoms with Gasteiger partial charge in [0, 0.05) is 18.5 Å². The second-order valence-corrected chi connectivity index (χ2v) is 9.14. The van der Waals surface area contributed by atoms with Crippen LogP contribution in [0.2, 0.25) is 0 Å². The van der Waals surface area contributed by atoms with E-state index in [-0.39, 0.29) is 5.91 Å². The van der Waals surface area contributed by atoms with Gasteiger partial charge in [-0.1, -0.05) is 30.3 Å². The van der Waals surface area contributed by atoms with E-state index in [1.54, 1.807) is 11.3 Å². The number of benzene rings is 1. The number of nitrogens with zero attached hydrogens (tertiary/aromatic N) is 3. The quantitative estimate of drug-likeness (QED) is 0.739. The standard InChI is InChI=1S/C22H26N4OS/c1-15-19-11-20(21(27)25-9-7-17-12-23-13-18(17)8-10-25)28-22(19)26(24-15)14-16-5-3-2-4-6-16/h2-6,11,17-18,23H,7-10,12-14H2,1H3/t17-,18+. The third-order valence-corrected chi connectivity index (χ3v) is 7.44. The molecular formula is C22H26N4OS. The molecule has 2 aliphatic heterocycles. The molecule has 0 bridgehead atoms. The zero-order chi connectivity index (χ0) is 19.1. The maximum Gasteiger partial charge on any atom is 0.264 e. The molecule has 3 aromatic rings. The van der Waals surface area contributed by atoms with Gasteiger partial charge in [-0.3, -0.25) is 9.48 Å². The van der Waals surface area contributed by atoms with E-state index in [0.29, 0.717) is 0 Å². The molecular weight excluding hydrogens is 368 g/mol. The highest BCUT2D eigenvalue weighted by molar-refractivity contribution is 7.20. The van der Waals surface area contributed by atoms with Gasteiger partial charge >= 0.3 is 0 Å². The molecule has 0 radical (unpaired) electrons. The third kappa shape index (κ3) is 3.25. The topological polar surface area (TPSA) is 50.2 Å². The summed E-state index contributed by atoms with van der Waals surface area (Å²) in [6.07, 6.45) is 2.24. The molecule has 2 atom stereocenters. The van der Waals surface area contributed by atoms with Gasteiger partial charge in [0.2, 0.25) is 0 Å². The van der Waals surface area contributed by atoms with Gasteiger partial charge < -0.3 is 10.2 Å². The molecule has 0 saturated carbocycles. The van der Waals surface area contributed by atoms with E-state index >= 15 is 0 Å². The fraction of sp³-hybridized carbons (Fsp3) is 0.455. The molecule has 1 amide bonds. The van der Waals surface area contributed by atoms with Gasteiger partial charge in [0.1, 0.15) is 4.83 Å². The minimum Gasteiger partial charge on any atom is -0.338 e. The SMILES string of the molecule is Cc1nn(Cc2ccccc2)c2sc(C(=O)N3CC[C@@H]4CNC[C@@H]4CC3)cc12. The third-order valence-electron chi connectivity index (χ3n) is 6.30. The molecule has 146 valence electrons. The number of hydrogen-bond donors (Lipinski definition) is 1. The van der Waals surface area contributed by atoms with Gasteiger partial charge in [0.15, 0.2) is 0 Å². The summed E-state index contributed by atoms with van der Waals surface area (Å²) in [5, 5.41) is 9.32. The van der Waals surface area contributed by atoms with Crippen molar-refractivity contribution in [3.05, 3.63) is 52.5 Å². The van der Waals surface area contributed by atoms with Crippen LogP contribution >= 0.6 is 11.3 Å². The van der Waals surface area contributed by atoms with Gasteiger partial charge in [-0.25, -0.2) is 0 Å². The van der Waals surface area contributed by atoms with Gasteiger partial charge in [-0.15, -0.1) is 11.3 Å². The van der Waals surface area contributed by atoms with Gasteiger partial charge in [-0.05, 0) is 56.3 Å². The lowest BCUT2D eigenvalue weighted by atomic mass is 9.92. The van der Waals surface area contributed by atoms with Crippen molar-refractivity contribution in [2.75, 3.05) is 26.2 Å². The zero-order valence-electron chi connectivity index (χ0n) is 16.2. The normalized spacial score (nSPS) is 22.4. The molecule has 0 spiro atoms. The van der Waals surface area contributed by atoms with Crippen LogP contribution in [0.4, 0.5) is 0 Å². The molecule has 2 fully saturated rings. The van der Waals surface area contributed by atoms with Crippen molar-refractivity contribution in [1.29, 1.82) is 0 Å². The predicted octanol–water partition coefficient (Wildman–Crippen LogP) is 3.53. The minimum absolute atomic E-state index is 0.194. The van der Waals surface area contributed by atoms with E-state index < -0.39 is 0 Å². The van der Waals surface area contributed by atoms with Crippen LogP contribution in [-0.2, 0) is 6.54 Å². The molecule has 2 saturated heterocycles. The Morgan fingerprint density at radius 3 is 2.61 bits per heavy atom. The highest BCUT2D eigenvalue weighted by Gasteiger charge is 2.32. The second-order valence-electron chi connectivity index (χ2n) is 8.11. The zero-order valence-corrected chi connectivity index (χ0v) is 17.0. The van der Waals surface area contributed by atoms with Crippen LogP contribution < -0.4 is 5.32 Å². The summed E-state index contributed by atoms with van der Waals surface area (Å²) < 4.78 is 2.04. The lowest BCUT2D eigenvalue weighted by Crippen LogP contribution is -2.32. The van der Waals surface area contributed by atoms with Crippen molar-refractivity contribution < 1.29 is 4.79 Å². The van der Waals surface area contributed by atoms with Crippen LogP contribution in [0.25, 0.3) is 10.2 Å². The minimum atomic E-state index is 0.194. The number of likely N-dealkylation sites (tertiary alicyclic amines) is 1. The number of fused-ring (bicyclic) bond motifs is 2. The second kappa shape index (κ2) is 7.33. The molecule has 0 unspecified atom stereocenters. The molecule has 2 aliphatic rings. The van der Waals surface area contributed by atoms with E-state index in [9.17, 15) is 4.79 Å². The van der Waals surface area contributed by atoms with Crippen molar-refractivity contribution in [2.45, 2.75) is 26.3 Å². The first-order valence-electron chi connectivity index (χ1n) is 10.2. The number of aryl methyl sites for hydroxylation is 1. The van der Waals surface area contributed by atoms with E-state index in [2.05, 4.69) is 40.5 Å². The maximum absolute atomic E-state index is 13.2. The predicted molar refractivity (Wildman–Crippen MR) is 113 cm³/mol.